The minimum absolute atomic E-state index is 0.174. The van der Waals surface area contributed by atoms with Crippen LogP contribution in [0.3, 0.4) is 0 Å². The molecule has 0 aliphatic carbocycles. The Bertz CT molecular complexity index is 771. The largest absolute Gasteiger partial charge is 0.462 e. The van der Waals surface area contributed by atoms with Crippen LogP contribution in [-0.2, 0) is 19.0 Å². The molecule has 0 radical (unpaired) electrons. The van der Waals surface area contributed by atoms with E-state index in [1.807, 2.05) is 40.6 Å². The molecule has 1 aromatic carbocycles. The number of methoxy groups -OCH3 is 2. The van der Waals surface area contributed by atoms with Gasteiger partial charge in [0.05, 0.1) is 26.4 Å². The number of rotatable bonds is 12. The second-order valence-electron chi connectivity index (χ2n) is 6.25. The number of thiophene rings is 1. The van der Waals surface area contributed by atoms with E-state index in [1.165, 1.54) is 11.3 Å². The summed E-state index contributed by atoms with van der Waals surface area (Å²) in [4.78, 5) is 27.2. The van der Waals surface area contributed by atoms with Gasteiger partial charge in [-0.25, -0.2) is 4.79 Å². The maximum absolute atomic E-state index is 12.6. The third-order valence-corrected chi connectivity index (χ3v) is 5.09. The van der Waals surface area contributed by atoms with Crippen molar-refractivity contribution in [1.29, 1.82) is 0 Å². The molecule has 1 aromatic heterocycles. The van der Waals surface area contributed by atoms with Gasteiger partial charge in [0.2, 0.25) is 5.91 Å². The summed E-state index contributed by atoms with van der Waals surface area (Å²) in [6.45, 7) is 4.44. The Kier molecular flexibility index (Phi) is 9.79. The lowest BCUT2D eigenvalue weighted by atomic mass is 10.0. The van der Waals surface area contributed by atoms with Crippen molar-refractivity contribution in [2.75, 3.05) is 59.0 Å². The average Bonchev–Trinajstić information content (AvgIpc) is 3.14. The molecule has 1 heterocycles. The molecule has 1 amide bonds. The number of esters is 1. The Hall–Kier alpha value is -2.26. The Balaban J connectivity index is 2.19. The summed E-state index contributed by atoms with van der Waals surface area (Å²) in [6.07, 6.45) is 0. The summed E-state index contributed by atoms with van der Waals surface area (Å²) in [5, 5.41) is 5.24. The predicted octanol–water partition coefficient (Wildman–Crippen LogP) is 3.13. The van der Waals surface area contributed by atoms with Gasteiger partial charge in [0.25, 0.3) is 0 Å². The van der Waals surface area contributed by atoms with E-state index in [-0.39, 0.29) is 19.1 Å². The molecule has 7 nitrogen and oxygen atoms in total. The van der Waals surface area contributed by atoms with Gasteiger partial charge in [0, 0.05) is 38.3 Å². The number of benzene rings is 1. The van der Waals surface area contributed by atoms with Crippen LogP contribution in [0.25, 0.3) is 11.1 Å². The van der Waals surface area contributed by atoms with Crippen molar-refractivity contribution >= 4 is 28.2 Å². The summed E-state index contributed by atoms with van der Waals surface area (Å²) >= 11 is 1.32. The van der Waals surface area contributed by atoms with Gasteiger partial charge in [-0.05, 0) is 12.5 Å². The molecule has 0 unspecified atom stereocenters. The molecule has 0 spiro atoms. The van der Waals surface area contributed by atoms with E-state index in [0.717, 1.165) is 11.1 Å². The molecule has 0 saturated carbocycles. The lowest BCUT2D eigenvalue weighted by Gasteiger charge is -2.20. The first-order valence-corrected chi connectivity index (χ1v) is 10.3. The Morgan fingerprint density at radius 1 is 1.07 bits per heavy atom. The number of hydrogen-bond donors (Lipinski definition) is 1. The first-order chi connectivity index (χ1) is 14.1. The molecule has 158 valence electrons. The van der Waals surface area contributed by atoms with Gasteiger partial charge in [-0.1, -0.05) is 30.3 Å². The highest BCUT2D eigenvalue weighted by Crippen LogP contribution is 2.36. The third-order valence-electron chi connectivity index (χ3n) is 4.20. The Labute approximate surface area is 175 Å². The molecule has 1 N–H and O–H groups in total. The van der Waals surface area contributed by atoms with Crippen molar-refractivity contribution in [3.05, 3.63) is 41.3 Å². The van der Waals surface area contributed by atoms with Crippen molar-refractivity contribution in [3.63, 3.8) is 0 Å². The molecule has 0 fully saturated rings. The second kappa shape index (κ2) is 12.3. The SMILES string of the molecule is CCOC(=O)c1c(-c2ccccc2)csc1NC(=O)CN(CCOC)CCOC. The minimum Gasteiger partial charge on any atom is -0.462 e. The fraction of sp³-hybridized carbons (Fsp3) is 0.429. The highest BCUT2D eigenvalue weighted by Gasteiger charge is 2.23. The molecule has 0 atom stereocenters. The summed E-state index contributed by atoms with van der Waals surface area (Å²) in [7, 11) is 3.24. The van der Waals surface area contributed by atoms with Crippen molar-refractivity contribution in [3.8, 4) is 11.1 Å². The molecule has 0 aliphatic rings. The van der Waals surface area contributed by atoms with Crippen molar-refractivity contribution in [2.24, 2.45) is 0 Å². The van der Waals surface area contributed by atoms with Crippen LogP contribution in [0.2, 0.25) is 0 Å². The summed E-state index contributed by atoms with van der Waals surface area (Å²) in [5.41, 5.74) is 2.03. The zero-order valence-electron chi connectivity index (χ0n) is 17.1. The molecule has 8 heteroatoms. The maximum Gasteiger partial charge on any atom is 0.341 e. The van der Waals surface area contributed by atoms with Crippen LogP contribution in [0.15, 0.2) is 35.7 Å². The lowest BCUT2D eigenvalue weighted by molar-refractivity contribution is -0.117. The third kappa shape index (κ3) is 6.93. The first kappa shape index (κ1) is 23.0. The van der Waals surface area contributed by atoms with Crippen molar-refractivity contribution < 1.29 is 23.8 Å². The van der Waals surface area contributed by atoms with Crippen LogP contribution in [0.1, 0.15) is 17.3 Å². The molecule has 0 saturated heterocycles. The molecule has 2 aromatic rings. The van der Waals surface area contributed by atoms with Gasteiger partial charge in [-0.15, -0.1) is 11.3 Å². The van der Waals surface area contributed by atoms with E-state index in [9.17, 15) is 9.59 Å². The molecule has 0 bridgehead atoms. The fourth-order valence-electron chi connectivity index (χ4n) is 2.77. The monoisotopic (exact) mass is 420 g/mol. The van der Waals surface area contributed by atoms with E-state index in [4.69, 9.17) is 14.2 Å². The van der Waals surface area contributed by atoms with Gasteiger partial charge in [-0.3, -0.25) is 9.69 Å². The molecule has 2 rings (SSSR count). The van der Waals surface area contributed by atoms with Gasteiger partial charge in [0.15, 0.2) is 0 Å². The van der Waals surface area contributed by atoms with Crippen molar-refractivity contribution in [2.45, 2.75) is 6.92 Å². The average molecular weight is 421 g/mol. The van der Waals surface area contributed by atoms with Crippen LogP contribution in [-0.4, -0.2) is 70.5 Å². The van der Waals surface area contributed by atoms with Crippen molar-refractivity contribution in [1.82, 2.24) is 4.90 Å². The van der Waals surface area contributed by atoms with E-state index in [1.54, 1.807) is 21.1 Å². The highest BCUT2D eigenvalue weighted by molar-refractivity contribution is 7.15. The topological polar surface area (TPSA) is 77.1 Å². The molecule has 29 heavy (non-hydrogen) atoms. The Morgan fingerprint density at radius 2 is 1.72 bits per heavy atom. The van der Waals surface area contributed by atoms with Gasteiger partial charge >= 0.3 is 5.97 Å². The van der Waals surface area contributed by atoms with Crippen LogP contribution >= 0.6 is 11.3 Å². The van der Waals surface area contributed by atoms with Gasteiger partial charge in [0.1, 0.15) is 10.6 Å². The maximum atomic E-state index is 12.6. The second-order valence-corrected chi connectivity index (χ2v) is 7.13. The molecular weight excluding hydrogens is 392 g/mol. The minimum atomic E-state index is -0.446. The number of ether oxygens (including phenoxy) is 3. The molecular formula is C21H28N2O5S. The van der Waals surface area contributed by atoms with E-state index in [2.05, 4.69) is 5.32 Å². The number of anilines is 1. The van der Waals surface area contributed by atoms with E-state index < -0.39 is 5.97 Å². The number of nitrogens with one attached hydrogen (secondary N) is 1. The van der Waals surface area contributed by atoms with Gasteiger partial charge < -0.3 is 19.5 Å². The first-order valence-electron chi connectivity index (χ1n) is 9.44. The number of nitrogens with zero attached hydrogens (tertiary/aromatic N) is 1. The quantitative estimate of drug-likeness (QED) is 0.532. The number of amides is 1. The van der Waals surface area contributed by atoms with E-state index >= 15 is 0 Å². The van der Waals surface area contributed by atoms with Gasteiger partial charge in [-0.2, -0.15) is 0 Å². The zero-order valence-corrected chi connectivity index (χ0v) is 17.9. The predicted molar refractivity (Wildman–Crippen MR) is 115 cm³/mol. The highest BCUT2D eigenvalue weighted by atomic mass is 32.1. The summed E-state index contributed by atoms with van der Waals surface area (Å²) < 4.78 is 15.4. The van der Waals surface area contributed by atoms with Crippen LogP contribution < -0.4 is 5.32 Å². The zero-order chi connectivity index (χ0) is 21.1. The summed E-state index contributed by atoms with van der Waals surface area (Å²) in [6, 6.07) is 9.58. The van der Waals surface area contributed by atoms with Crippen LogP contribution in [0, 0.1) is 0 Å². The smallest absolute Gasteiger partial charge is 0.341 e. The lowest BCUT2D eigenvalue weighted by Crippen LogP contribution is -2.37. The fourth-order valence-corrected chi connectivity index (χ4v) is 3.74. The number of carbonyl (C=O) groups is 2. The normalized spacial score (nSPS) is 10.9. The number of carbonyl (C=O) groups excluding carboxylic acids is 2. The summed E-state index contributed by atoms with van der Waals surface area (Å²) in [5.74, 6) is -0.650. The number of hydrogen-bond acceptors (Lipinski definition) is 7. The molecule has 0 aliphatic heterocycles. The van der Waals surface area contributed by atoms with Crippen LogP contribution in [0.4, 0.5) is 5.00 Å². The Morgan fingerprint density at radius 3 is 2.31 bits per heavy atom. The standard InChI is InChI=1S/C21H28N2O5S/c1-4-28-21(25)19-17(16-8-6-5-7-9-16)15-29-20(19)22-18(24)14-23(10-12-26-2)11-13-27-3/h5-9,15H,4,10-14H2,1-3H3,(H,22,24). The van der Waals surface area contributed by atoms with Crippen LogP contribution in [0.5, 0.6) is 0 Å². The van der Waals surface area contributed by atoms with E-state index in [0.29, 0.717) is 36.9 Å².